The van der Waals surface area contributed by atoms with E-state index < -0.39 is 0 Å². The van der Waals surface area contributed by atoms with Gasteiger partial charge in [0.25, 0.3) is 0 Å². The summed E-state index contributed by atoms with van der Waals surface area (Å²) in [4.78, 5) is 0. The van der Waals surface area contributed by atoms with Crippen LogP contribution in [0.1, 0.15) is 18.4 Å². The van der Waals surface area contributed by atoms with Gasteiger partial charge in [-0.15, -0.1) is 11.3 Å². The van der Waals surface area contributed by atoms with Crippen LogP contribution < -0.4 is 10.1 Å². The fourth-order valence-corrected chi connectivity index (χ4v) is 3.24. The zero-order chi connectivity index (χ0) is 11.7. The van der Waals surface area contributed by atoms with Gasteiger partial charge >= 0.3 is 0 Å². The monoisotopic (exact) mass is 247 g/mol. The maximum atomic E-state index is 5.39. The molecule has 1 aromatic carbocycles. The highest BCUT2D eigenvalue weighted by atomic mass is 32.1. The summed E-state index contributed by atoms with van der Waals surface area (Å²) in [6.45, 7) is 1.09. The molecule has 0 atom stereocenters. The molecule has 0 bridgehead atoms. The van der Waals surface area contributed by atoms with Crippen LogP contribution >= 0.6 is 11.3 Å². The van der Waals surface area contributed by atoms with E-state index in [2.05, 4.69) is 22.8 Å². The number of ether oxygens (including phenoxy) is 1. The molecule has 3 rings (SSSR count). The van der Waals surface area contributed by atoms with Crippen LogP contribution in [0.2, 0.25) is 0 Å². The van der Waals surface area contributed by atoms with Crippen LogP contribution in [0.25, 0.3) is 10.1 Å². The number of rotatable bonds is 5. The lowest BCUT2D eigenvalue weighted by molar-refractivity contribution is 0.420. The van der Waals surface area contributed by atoms with Gasteiger partial charge in [-0.3, -0.25) is 0 Å². The van der Waals surface area contributed by atoms with Gasteiger partial charge in [-0.25, -0.2) is 0 Å². The molecule has 2 nitrogen and oxygen atoms in total. The molecule has 90 valence electrons. The smallest absolute Gasteiger partial charge is 0.136 e. The fraction of sp³-hybridized carbons (Fsp3) is 0.429. The Hall–Kier alpha value is -1.06. The van der Waals surface area contributed by atoms with E-state index in [0.717, 1.165) is 24.8 Å². The van der Waals surface area contributed by atoms with Crippen molar-refractivity contribution in [2.24, 2.45) is 0 Å². The average molecular weight is 247 g/mol. The molecule has 2 aromatic rings. The summed E-state index contributed by atoms with van der Waals surface area (Å²) in [6, 6.07) is 7.10. The molecule has 0 saturated heterocycles. The minimum absolute atomic E-state index is 0.800. The molecular weight excluding hydrogens is 230 g/mol. The van der Waals surface area contributed by atoms with Crippen LogP contribution in [-0.2, 0) is 6.42 Å². The van der Waals surface area contributed by atoms with Crippen molar-refractivity contribution in [3.63, 3.8) is 0 Å². The quantitative estimate of drug-likeness (QED) is 0.876. The second kappa shape index (κ2) is 4.67. The van der Waals surface area contributed by atoms with E-state index in [9.17, 15) is 0 Å². The largest absolute Gasteiger partial charge is 0.495 e. The lowest BCUT2D eigenvalue weighted by Gasteiger charge is -2.03. The standard InChI is InChI=1S/C14H17NOS/c1-16-13-4-2-3-12-10(9-17-14(12)13)7-8-15-11-5-6-11/h2-4,9,11,15H,5-8H2,1H3. The predicted molar refractivity (Wildman–Crippen MR) is 73.1 cm³/mol. The SMILES string of the molecule is COc1cccc2c(CCNC3CC3)csc12. The van der Waals surface area contributed by atoms with Crippen molar-refractivity contribution in [3.8, 4) is 5.75 Å². The summed E-state index contributed by atoms with van der Waals surface area (Å²) in [5.74, 6) is 0.994. The number of fused-ring (bicyclic) bond motifs is 1. The van der Waals surface area contributed by atoms with Gasteiger partial charge in [-0.05, 0) is 48.2 Å². The predicted octanol–water partition coefficient (Wildman–Crippen LogP) is 3.20. The second-order valence-corrected chi connectivity index (χ2v) is 5.46. The highest BCUT2D eigenvalue weighted by Gasteiger charge is 2.19. The summed E-state index contributed by atoms with van der Waals surface area (Å²) in [5.41, 5.74) is 1.44. The first-order chi connectivity index (χ1) is 8.38. The lowest BCUT2D eigenvalue weighted by atomic mass is 10.1. The van der Waals surface area contributed by atoms with Gasteiger partial charge in [-0.2, -0.15) is 0 Å². The van der Waals surface area contributed by atoms with Crippen molar-refractivity contribution in [3.05, 3.63) is 29.1 Å². The third-order valence-corrected chi connectivity index (χ3v) is 4.33. The molecule has 0 aliphatic heterocycles. The molecule has 0 radical (unpaired) electrons. The molecule has 0 unspecified atom stereocenters. The summed E-state index contributed by atoms with van der Waals surface area (Å²) in [5, 5.41) is 7.18. The van der Waals surface area contributed by atoms with Crippen LogP contribution in [0.15, 0.2) is 23.6 Å². The van der Waals surface area contributed by atoms with E-state index in [4.69, 9.17) is 4.74 Å². The van der Waals surface area contributed by atoms with Gasteiger partial charge in [0, 0.05) is 6.04 Å². The molecule has 1 saturated carbocycles. The van der Waals surface area contributed by atoms with E-state index in [1.54, 1.807) is 18.4 Å². The maximum absolute atomic E-state index is 5.39. The average Bonchev–Trinajstić information content (AvgIpc) is 3.09. The molecule has 0 amide bonds. The zero-order valence-electron chi connectivity index (χ0n) is 10.0. The minimum Gasteiger partial charge on any atom is -0.495 e. The van der Waals surface area contributed by atoms with Crippen molar-refractivity contribution in [1.82, 2.24) is 5.32 Å². The third-order valence-electron chi connectivity index (χ3n) is 3.27. The van der Waals surface area contributed by atoms with Crippen molar-refractivity contribution in [1.29, 1.82) is 0 Å². The highest BCUT2D eigenvalue weighted by Crippen LogP contribution is 2.33. The van der Waals surface area contributed by atoms with Gasteiger partial charge in [-0.1, -0.05) is 12.1 Å². The van der Waals surface area contributed by atoms with Crippen molar-refractivity contribution in [2.75, 3.05) is 13.7 Å². The minimum atomic E-state index is 0.800. The first-order valence-corrected chi connectivity index (χ1v) is 7.03. The second-order valence-electron chi connectivity index (χ2n) is 4.58. The van der Waals surface area contributed by atoms with Crippen LogP contribution in [0, 0.1) is 0 Å². The molecule has 1 heterocycles. The molecular formula is C14H17NOS. The van der Waals surface area contributed by atoms with Crippen LogP contribution in [0.4, 0.5) is 0 Å². The summed E-state index contributed by atoms with van der Waals surface area (Å²) < 4.78 is 6.66. The van der Waals surface area contributed by atoms with Gasteiger partial charge < -0.3 is 10.1 Å². The van der Waals surface area contributed by atoms with Crippen LogP contribution in [0.3, 0.4) is 0 Å². The number of thiophene rings is 1. The molecule has 1 N–H and O–H groups in total. The molecule has 0 spiro atoms. The molecule has 17 heavy (non-hydrogen) atoms. The Morgan fingerprint density at radius 3 is 3.06 bits per heavy atom. The van der Waals surface area contributed by atoms with Crippen molar-refractivity contribution in [2.45, 2.75) is 25.3 Å². The molecule has 1 aliphatic rings. The van der Waals surface area contributed by atoms with Crippen molar-refractivity contribution < 1.29 is 4.74 Å². The van der Waals surface area contributed by atoms with E-state index in [-0.39, 0.29) is 0 Å². The topological polar surface area (TPSA) is 21.3 Å². The van der Waals surface area contributed by atoms with Gasteiger partial charge in [0.2, 0.25) is 0 Å². The molecule has 1 aromatic heterocycles. The van der Waals surface area contributed by atoms with Gasteiger partial charge in [0.15, 0.2) is 0 Å². The van der Waals surface area contributed by atoms with E-state index in [1.807, 2.05) is 6.07 Å². The molecule has 1 aliphatic carbocycles. The van der Waals surface area contributed by atoms with E-state index in [1.165, 1.54) is 28.5 Å². The Balaban J connectivity index is 1.79. The molecule has 1 fully saturated rings. The van der Waals surface area contributed by atoms with Gasteiger partial charge in [0.05, 0.1) is 11.8 Å². The number of methoxy groups -OCH3 is 1. The Morgan fingerprint density at radius 1 is 1.41 bits per heavy atom. The van der Waals surface area contributed by atoms with Crippen molar-refractivity contribution >= 4 is 21.4 Å². The number of hydrogen-bond acceptors (Lipinski definition) is 3. The summed E-state index contributed by atoms with van der Waals surface area (Å²) in [6.07, 6.45) is 3.83. The van der Waals surface area contributed by atoms with Crippen LogP contribution in [-0.4, -0.2) is 19.7 Å². The van der Waals surface area contributed by atoms with E-state index >= 15 is 0 Å². The Morgan fingerprint density at radius 2 is 2.29 bits per heavy atom. The van der Waals surface area contributed by atoms with Crippen LogP contribution in [0.5, 0.6) is 5.75 Å². The van der Waals surface area contributed by atoms with E-state index in [0.29, 0.717) is 0 Å². The fourth-order valence-electron chi connectivity index (χ4n) is 2.14. The maximum Gasteiger partial charge on any atom is 0.136 e. The summed E-state index contributed by atoms with van der Waals surface area (Å²) in [7, 11) is 1.74. The lowest BCUT2D eigenvalue weighted by Crippen LogP contribution is -2.19. The summed E-state index contributed by atoms with van der Waals surface area (Å²) >= 11 is 1.79. The number of nitrogens with one attached hydrogen (secondary N) is 1. The Kier molecular flexibility index (Phi) is 3.04. The first-order valence-electron chi connectivity index (χ1n) is 6.15. The van der Waals surface area contributed by atoms with Gasteiger partial charge in [0.1, 0.15) is 5.75 Å². The zero-order valence-corrected chi connectivity index (χ0v) is 10.8. The highest BCUT2D eigenvalue weighted by molar-refractivity contribution is 7.17. The number of benzene rings is 1. The molecule has 3 heteroatoms. The number of hydrogen-bond donors (Lipinski definition) is 1. The first kappa shape index (κ1) is 11.1. The Labute approximate surface area is 106 Å². The normalized spacial score (nSPS) is 15.4. The Bertz CT molecular complexity index is 516. The third kappa shape index (κ3) is 2.31.